The molecule has 1 aromatic rings. The smallest absolute Gasteiger partial charge is 0.206 e. The van der Waals surface area contributed by atoms with Crippen LogP contribution < -0.4 is 16.6 Å². The lowest BCUT2D eigenvalue weighted by atomic mass is 10.0. The molecule has 4 N–H and O–H groups in total. The Morgan fingerprint density at radius 3 is 2.58 bits per heavy atom. The van der Waals surface area contributed by atoms with Gasteiger partial charge in [-0.15, -0.1) is 0 Å². The summed E-state index contributed by atoms with van der Waals surface area (Å²) in [5.74, 6) is 6.40. The summed E-state index contributed by atoms with van der Waals surface area (Å²) < 4.78 is 5.06. The zero-order valence-electron chi connectivity index (χ0n) is 11.9. The molecule has 0 aliphatic heterocycles. The molecule has 0 fully saturated rings. The van der Waals surface area contributed by atoms with E-state index in [1.807, 2.05) is 25.1 Å². The van der Waals surface area contributed by atoms with Crippen LogP contribution in [0, 0.1) is 0 Å². The van der Waals surface area contributed by atoms with Crippen molar-refractivity contribution in [3.05, 3.63) is 35.9 Å². The highest BCUT2D eigenvalue weighted by Gasteiger charge is 2.06. The van der Waals surface area contributed by atoms with Gasteiger partial charge in [0.25, 0.3) is 0 Å². The van der Waals surface area contributed by atoms with Gasteiger partial charge in [0.1, 0.15) is 0 Å². The maximum Gasteiger partial charge on any atom is 0.206 e. The van der Waals surface area contributed by atoms with Crippen LogP contribution in [0.4, 0.5) is 0 Å². The summed E-state index contributed by atoms with van der Waals surface area (Å²) >= 11 is 0. The lowest BCUT2D eigenvalue weighted by molar-refractivity contribution is 0.179. The summed E-state index contributed by atoms with van der Waals surface area (Å²) in [6.07, 6.45) is 0. The maximum absolute atomic E-state index is 5.46. The molecule has 19 heavy (non-hydrogen) atoms. The molecule has 0 spiro atoms. The van der Waals surface area contributed by atoms with Gasteiger partial charge >= 0.3 is 0 Å². The van der Waals surface area contributed by atoms with Crippen LogP contribution in [0.3, 0.4) is 0 Å². The van der Waals surface area contributed by atoms with Gasteiger partial charge in [0.05, 0.1) is 6.61 Å². The number of nitrogens with zero attached hydrogens (tertiary/aromatic N) is 1. The number of benzene rings is 1. The van der Waals surface area contributed by atoms with E-state index < -0.39 is 0 Å². The van der Waals surface area contributed by atoms with Crippen molar-refractivity contribution in [1.29, 1.82) is 0 Å². The fraction of sp³-hybridized carbons (Fsp3) is 0.500. The van der Waals surface area contributed by atoms with Gasteiger partial charge in [-0.2, -0.15) is 0 Å². The van der Waals surface area contributed by atoms with Crippen LogP contribution >= 0.6 is 0 Å². The second-order valence-electron chi connectivity index (χ2n) is 4.65. The minimum atomic E-state index is 0.159. The van der Waals surface area contributed by atoms with Gasteiger partial charge in [0, 0.05) is 25.6 Å². The molecule has 5 heteroatoms. The highest BCUT2D eigenvalue weighted by Crippen LogP contribution is 2.14. The summed E-state index contributed by atoms with van der Waals surface area (Å²) in [5, 5.41) is 3.16. The van der Waals surface area contributed by atoms with Gasteiger partial charge in [-0.05, 0) is 12.5 Å². The summed E-state index contributed by atoms with van der Waals surface area (Å²) in [5.41, 5.74) is 3.85. The Balaban J connectivity index is 2.52. The van der Waals surface area contributed by atoms with Crippen molar-refractivity contribution < 1.29 is 4.74 Å². The number of hydrogen-bond acceptors (Lipinski definition) is 3. The molecule has 5 nitrogen and oxygen atoms in total. The molecule has 0 aliphatic carbocycles. The number of rotatable bonds is 6. The average Bonchev–Trinajstić information content (AvgIpc) is 2.44. The zero-order valence-corrected chi connectivity index (χ0v) is 11.9. The number of aliphatic imine (C=N–C) groups is 1. The molecule has 0 aliphatic rings. The molecule has 1 aromatic carbocycles. The number of hydrogen-bond donors (Lipinski definition) is 3. The third kappa shape index (κ3) is 5.72. The molecule has 0 amide bonds. The minimum absolute atomic E-state index is 0.159. The van der Waals surface area contributed by atoms with Crippen molar-refractivity contribution in [2.75, 3.05) is 20.3 Å². The van der Waals surface area contributed by atoms with E-state index in [9.17, 15) is 0 Å². The monoisotopic (exact) mass is 264 g/mol. The largest absolute Gasteiger partial charge is 0.383 e. The number of ether oxygens (including phenoxy) is 1. The van der Waals surface area contributed by atoms with Crippen molar-refractivity contribution >= 4 is 5.96 Å². The summed E-state index contributed by atoms with van der Waals surface area (Å²) in [6.45, 7) is 5.44. The molecule has 0 saturated carbocycles. The van der Waals surface area contributed by atoms with Gasteiger partial charge in [0.2, 0.25) is 5.96 Å². The standard InChI is InChI=1S/C14H24N4O/c1-11(13-7-5-4-6-8-13)9-16-14(18-15)17-12(2)10-19-3/h4-8,11-12H,9-10,15H2,1-3H3,(H2,16,17,18). The Morgan fingerprint density at radius 1 is 1.32 bits per heavy atom. The van der Waals surface area contributed by atoms with Crippen LogP contribution in [0.2, 0.25) is 0 Å². The SMILES string of the molecule is COCC(C)NC(=NCC(C)c1ccccc1)NN. The van der Waals surface area contributed by atoms with Crippen molar-refractivity contribution in [3.63, 3.8) is 0 Å². The average molecular weight is 264 g/mol. The molecule has 106 valence electrons. The lowest BCUT2D eigenvalue weighted by Crippen LogP contribution is -2.47. The molecule has 0 radical (unpaired) electrons. The van der Waals surface area contributed by atoms with Crippen LogP contribution in [-0.4, -0.2) is 32.3 Å². The summed E-state index contributed by atoms with van der Waals surface area (Å²) in [6, 6.07) is 10.5. The molecule has 0 heterocycles. The highest BCUT2D eigenvalue weighted by molar-refractivity contribution is 5.79. The Morgan fingerprint density at radius 2 is 2.00 bits per heavy atom. The van der Waals surface area contributed by atoms with E-state index in [0.717, 1.165) is 0 Å². The number of guanidine groups is 1. The first-order valence-corrected chi connectivity index (χ1v) is 6.48. The third-order valence-electron chi connectivity index (χ3n) is 2.83. The number of nitrogens with one attached hydrogen (secondary N) is 2. The maximum atomic E-state index is 5.46. The summed E-state index contributed by atoms with van der Waals surface area (Å²) in [4.78, 5) is 4.45. The van der Waals surface area contributed by atoms with Gasteiger partial charge < -0.3 is 10.1 Å². The van der Waals surface area contributed by atoms with E-state index in [4.69, 9.17) is 10.6 Å². The second-order valence-corrected chi connectivity index (χ2v) is 4.65. The van der Waals surface area contributed by atoms with E-state index in [0.29, 0.717) is 25.0 Å². The normalized spacial score (nSPS) is 14.8. The first kappa shape index (κ1) is 15.5. The third-order valence-corrected chi connectivity index (χ3v) is 2.83. The fourth-order valence-electron chi connectivity index (χ4n) is 1.77. The predicted molar refractivity (Wildman–Crippen MR) is 79.0 cm³/mol. The van der Waals surface area contributed by atoms with E-state index >= 15 is 0 Å². The van der Waals surface area contributed by atoms with Gasteiger partial charge in [-0.25, -0.2) is 5.84 Å². The van der Waals surface area contributed by atoms with Crippen molar-refractivity contribution in [2.45, 2.75) is 25.8 Å². The number of nitrogens with two attached hydrogens (primary N) is 1. The van der Waals surface area contributed by atoms with Gasteiger partial charge in [-0.3, -0.25) is 10.4 Å². The summed E-state index contributed by atoms with van der Waals surface area (Å²) in [7, 11) is 1.67. The molecule has 0 saturated heterocycles. The van der Waals surface area contributed by atoms with Crippen molar-refractivity contribution in [2.24, 2.45) is 10.8 Å². The molecular formula is C14H24N4O. The molecule has 1 rings (SSSR count). The molecule has 0 aromatic heterocycles. The molecule has 2 unspecified atom stereocenters. The first-order valence-electron chi connectivity index (χ1n) is 6.48. The van der Waals surface area contributed by atoms with Crippen LogP contribution in [0.15, 0.2) is 35.3 Å². The number of hydrazine groups is 1. The predicted octanol–water partition coefficient (Wildman–Crippen LogP) is 1.23. The fourth-order valence-corrected chi connectivity index (χ4v) is 1.77. The molecular weight excluding hydrogens is 240 g/mol. The lowest BCUT2D eigenvalue weighted by Gasteiger charge is -2.16. The zero-order chi connectivity index (χ0) is 14.1. The van der Waals surface area contributed by atoms with Crippen molar-refractivity contribution in [1.82, 2.24) is 10.7 Å². The van der Waals surface area contributed by atoms with Crippen LogP contribution in [0.5, 0.6) is 0 Å². The topological polar surface area (TPSA) is 71.7 Å². The Kier molecular flexibility index (Phi) is 6.92. The highest BCUT2D eigenvalue weighted by atomic mass is 16.5. The Bertz CT molecular complexity index is 380. The van der Waals surface area contributed by atoms with E-state index in [-0.39, 0.29) is 6.04 Å². The van der Waals surface area contributed by atoms with Crippen molar-refractivity contribution in [3.8, 4) is 0 Å². The first-order chi connectivity index (χ1) is 9.17. The van der Waals surface area contributed by atoms with E-state index in [1.54, 1.807) is 7.11 Å². The number of methoxy groups -OCH3 is 1. The minimum Gasteiger partial charge on any atom is -0.383 e. The van der Waals surface area contributed by atoms with Crippen LogP contribution in [0.25, 0.3) is 0 Å². The van der Waals surface area contributed by atoms with Gasteiger partial charge in [0.15, 0.2) is 0 Å². The Labute approximate surface area is 115 Å². The van der Waals surface area contributed by atoms with E-state index in [1.165, 1.54) is 5.56 Å². The van der Waals surface area contributed by atoms with Gasteiger partial charge in [-0.1, -0.05) is 37.3 Å². The van der Waals surface area contributed by atoms with Crippen LogP contribution in [0.1, 0.15) is 25.3 Å². The molecule has 0 bridgehead atoms. The Hall–Kier alpha value is -1.59. The second kappa shape index (κ2) is 8.50. The van der Waals surface area contributed by atoms with E-state index in [2.05, 4.69) is 34.8 Å². The van der Waals surface area contributed by atoms with Crippen LogP contribution in [-0.2, 0) is 4.74 Å². The quantitative estimate of drug-likeness (QED) is 0.313. The molecule has 2 atom stereocenters.